The van der Waals surface area contributed by atoms with Crippen LogP contribution in [0, 0.1) is 11.3 Å². The number of nitrogens with zero attached hydrogens (tertiary/aromatic N) is 1. The Labute approximate surface area is 130 Å². The Balaban J connectivity index is 2.57. The molecule has 0 aromatic carbocycles. The summed E-state index contributed by atoms with van der Waals surface area (Å²) in [5, 5.41) is 3.26. The summed E-state index contributed by atoms with van der Waals surface area (Å²) in [6.45, 7) is 16.2. The SMILES string of the molecule is CCNC(C)(CC(C)N1CCC(C(C)(C)C)CC1)C(N)=O. The largest absolute Gasteiger partial charge is 0.368 e. The molecule has 3 N–H and O–H groups in total. The number of primary amides is 1. The quantitative estimate of drug-likeness (QED) is 0.791. The zero-order valence-electron chi connectivity index (χ0n) is 14.8. The van der Waals surface area contributed by atoms with Crippen molar-refractivity contribution < 1.29 is 4.79 Å². The molecule has 0 radical (unpaired) electrons. The number of hydrogen-bond acceptors (Lipinski definition) is 3. The summed E-state index contributed by atoms with van der Waals surface area (Å²) in [7, 11) is 0. The molecular formula is C17H35N3O. The van der Waals surface area contributed by atoms with Gasteiger partial charge < -0.3 is 16.0 Å². The lowest BCUT2D eigenvalue weighted by Gasteiger charge is -2.42. The van der Waals surface area contributed by atoms with Crippen molar-refractivity contribution in [1.82, 2.24) is 10.2 Å². The monoisotopic (exact) mass is 297 g/mol. The number of nitrogens with two attached hydrogens (primary N) is 1. The molecule has 0 aromatic rings. The van der Waals surface area contributed by atoms with Crippen molar-refractivity contribution in [1.29, 1.82) is 0 Å². The third-order valence-electron chi connectivity index (χ3n) is 5.19. The van der Waals surface area contributed by atoms with Crippen molar-refractivity contribution in [2.45, 2.75) is 72.4 Å². The van der Waals surface area contributed by atoms with Gasteiger partial charge in [0.1, 0.15) is 0 Å². The van der Waals surface area contributed by atoms with Crippen LogP contribution in [-0.4, -0.2) is 42.0 Å². The van der Waals surface area contributed by atoms with Crippen LogP contribution in [0.25, 0.3) is 0 Å². The van der Waals surface area contributed by atoms with Crippen LogP contribution in [0.5, 0.6) is 0 Å². The third kappa shape index (κ3) is 4.96. The van der Waals surface area contributed by atoms with Gasteiger partial charge in [0.2, 0.25) is 5.91 Å². The molecule has 1 heterocycles. The Morgan fingerprint density at radius 2 is 1.81 bits per heavy atom. The van der Waals surface area contributed by atoms with E-state index in [0.29, 0.717) is 11.5 Å². The Bertz CT molecular complexity index is 342. The van der Waals surface area contributed by atoms with Gasteiger partial charge in [-0.1, -0.05) is 27.7 Å². The molecule has 0 bridgehead atoms. The van der Waals surface area contributed by atoms with Crippen molar-refractivity contribution in [2.24, 2.45) is 17.1 Å². The highest BCUT2D eigenvalue weighted by atomic mass is 16.1. The average molecular weight is 297 g/mol. The summed E-state index contributed by atoms with van der Waals surface area (Å²) in [5.41, 5.74) is 5.40. The minimum atomic E-state index is -0.602. The molecule has 4 nitrogen and oxygen atoms in total. The van der Waals surface area contributed by atoms with Gasteiger partial charge in [-0.3, -0.25) is 4.79 Å². The molecule has 2 atom stereocenters. The first-order valence-electron chi connectivity index (χ1n) is 8.39. The Hall–Kier alpha value is -0.610. The molecular weight excluding hydrogens is 262 g/mol. The van der Waals surface area contributed by atoms with E-state index in [9.17, 15) is 4.79 Å². The highest BCUT2D eigenvalue weighted by molar-refractivity contribution is 5.84. The zero-order valence-corrected chi connectivity index (χ0v) is 14.8. The van der Waals surface area contributed by atoms with Crippen molar-refractivity contribution in [3.8, 4) is 0 Å². The maximum atomic E-state index is 11.8. The topological polar surface area (TPSA) is 58.4 Å². The van der Waals surface area contributed by atoms with Gasteiger partial charge in [-0.15, -0.1) is 0 Å². The Morgan fingerprint density at radius 3 is 2.19 bits per heavy atom. The number of hydrogen-bond donors (Lipinski definition) is 2. The molecule has 1 saturated heterocycles. The summed E-state index contributed by atoms with van der Waals surface area (Å²) >= 11 is 0. The van der Waals surface area contributed by atoms with Crippen LogP contribution in [0.15, 0.2) is 0 Å². The van der Waals surface area contributed by atoms with Crippen LogP contribution in [0.4, 0.5) is 0 Å². The first kappa shape index (κ1) is 18.4. The molecule has 1 fully saturated rings. The van der Waals surface area contributed by atoms with E-state index in [1.54, 1.807) is 0 Å². The number of rotatable bonds is 6. The summed E-state index contributed by atoms with van der Waals surface area (Å²) < 4.78 is 0. The zero-order chi connectivity index (χ0) is 16.3. The molecule has 1 amide bonds. The number of carbonyl (C=O) groups is 1. The molecule has 0 aromatic heterocycles. The average Bonchev–Trinajstić information content (AvgIpc) is 2.37. The lowest BCUT2D eigenvalue weighted by molar-refractivity contribution is -0.124. The van der Waals surface area contributed by atoms with Gasteiger partial charge in [-0.25, -0.2) is 0 Å². The lowest BCUT2D eigenvalue weighted by Crippen LogP contribution is -2.57. The van der Waals surface area contributed by atoms with Crippen molar-refractivity contribution in [3.05, 3.63) is 0 Å². The molecule has 0 saturated carbocycles. The lowest BCUT2D eigenvalue weighted by atomic mass is 9.75. The van der Waals surface area contributed by atoms with E-state index in [2.05, 4.69) is 37.9 Å². The van der Waals surface area contributed by atoms with Gasteiger partial charge in [-0.2, -0.15) is 0 Å². The highest BCUT2D eigenvalue weighted by Crippen LogP contribution is 2.35. The molecule has 21 heavy (non-hydrogen) atoms. The second kappa shape index (κ2) is 7.10. The summed E-state index contributed by atoms with van der Waals surface area (Å²) in [6.07, 6.45) is 3.28. The molecule has 1 aliphatic heterocycles. The predicted octanol–water partition coefficient (Wildman–Crippen LogP) is 2.38. The summed E-state index contributed by atoms with van der Waals surface area (Å²) in [6, 6.07) is 0.377. The smallest absolute Gasteiger partial charge is 0.237 e. The summed E-state index contributed by atoms with van der Waals surface area (Å²) in [4.78, 5) is 14.3. The number of likely N-dealkylation sites (N-methyl/N-ethyl adjacent to an activating group) is 1. The van der Waals surface area contributed by atoms with E-state index in [0.717, 1.165) is 32.0 Å². The van der Waals surface area contributed by atoms with Gasteiger partial charge in [0.15, 0.2) is 0 Å². The summed E-state index contributed by atoms with van der Waals surface area (Å²) in [5.74, 6) is 0.554. The fourth-order valence-corrected chi connectivity index (χ4v) is 3.58. The van der Waals surface area contributed by atoms with Gasteiger partial charge in [0.05, 0.1) is 5.54 Å². The van der Waals surface area contributed by atoms with E-state index in [1.807, 2.05) is 13.8 Å². The minimum Gasteiger partial charge on any atom is -0.368 e. The van der Waals surface area contributed by atoms with Crippen LogP contribution < -0.4 is 11.1 Å². The van der Waals surface area contributed by atoms with Crippen molar-refractivity contribution in [2.75, 3.05) is 19.6 Å². The third-order valence-corrected chi connectivity index (χ3v) is 5.19. The van der Waals surface area contributed by atoms with Gasteiger partial charge >= 0.3 is 0 Å². The minimum absolute atomic E-state index is 0.249. The maximum Gasteiger partial charge on any atom is 0.237 e. The molecule has 1 rings (SSSR count). The Kier molecular flexibility index (Phi) is 6.23. The Morgan fingerprint density at radius 1 is 1.29 bits per heavy atom. The fourth-order valence-electron chi connectivity index (χ4n) is 3.58. The number of carbonyl (C=O) groups excluding carboxylic acids is 1. The van der Waals surface area contributed by atoms with E-state index >= 15 is 0 Å². The molecule has 2 unspecified atom stereocenters. The van der Waals surface area contributed by atoms with Gasteiger partial charge in [0.25, 0.3) is 0 Å². The molecule has 4 heteroatoms. The van der Waals surface area contributed by atoms with Crippen LogP contribution in [-0.2, 0) is 4.79 Å². The first-order chi connectivity index (χ1) is 9.60. The van der Waals surface area contributed by atoms with Gasteiger partial charge in [-0.05, 0) is 64.1 Å². The number of amides is 1. The maximum absolute atomic E-state index is 11.8. The fraction of sp³-hybridized carbons (Fsp3) is 0.941. The van der Waals surface area contributed by atoms with Crippen molar-refractivity contribution in [3.63, 3.8) is 0 Å². The van der Waals surface area contributed by atoms with E-state index in [-0.39, 0.29) is 5.91 Å². The molecule has 0 aliphatic carbocycles. The van der Waals surface area contributed by atoms with Crippen molar-refractivity contribution >= 4 is 5.91 Å². The normalized spacial score (nSPS) is 22.8. The molecule has 0 spiro atoms. The second-order valence-corrected chi connectivity index (χ2v) is 7.96. The van der Waals surface area contributed by atoms with E-state index in [1.165, 1.54) is 12.8 Å². The van der Waals surface area contributed by atoms with Crippen LogP contribution in [0.3, 0.4) is 0 Å². The highest BCUT2D eigenvalue weighted by Gasteiger charge is 2.35. The van der Waals surface area contributed by atoms with Crippen LogP contribution in [0.1, 0.15) is 60.8 Å². The van der Waals surface area contributed by atoms with Gasteiger partial charge in [0, 0.05) is 6.04 Å². The molecule has 124 valence electrons. The second-order valence-electron chi connectivity index (χ2n) is 7.96. The van der Waals surface area contributed by atoms with Crippen LogP contribution >= 0.6 is 0 Å². The van der Waals surface area contributed by atoms with E-state index < -0.39 is 5.54 Å². The molecule has 1 aliphatic rings. The number of likely N-dealkylation sites (tertiary alicyclic amines) is 1. The standard InChI is InChI=1S/C17H35N3O/c1-7-19-17(6,15(18)21)12-13(2)20-10-8-14(9-11-20)16(3,4)5/h13-14,19H,7-12H2,1-6H3,(H2,18,21). The number of piperidine rings is 1. The number of nitrogens with one attached hydrogen (secondary N) is 1. The van der Waals surface area contributed by atoms with Crippen LogP contribution in [0.2, 0.25) is 0 Å². The first-order valence-corrected chi connectivity index (χ1v) is 8.39. The predicted molar refractivity (Wildman–Crippen MR) is 89.1 cm³/mol. The van der Waals surface area contributed by atoms with E-state index in [4.69, 9.17) is 5.73 Å².